The Labute approximate surface area is 103 Å². The molecule has 0 saturated carbocycles. The first kappa shape index (κ1) is 10.5. The van der Waals surface area contributed by atoms with Gasteiger partial charge in [0.05, 0.1) is 6.61 Å². The maximum atomic E-state index is 12.2. The van der Waals surface area contributed by atoms with Gasteiger partial charge in [-0.1, -0.05) is 31.0 Å². The van der Waals surface area contributed by atoms with Crippen molar-refractivity contribution < 1.29 is 14.3 Å². The Hall–Kier alpha value is -1.69. The highest BCUT2D eigenvalue weighted by atomic mass is 32.1. The molecule has 88 valence electrons. The van der Waals surface area contributed by atoms with E-state index in [0.29, 0.717) is 24.3 Å². The molecule has 2 aliphatic heterocycles. The molecule has 1 atom stereocenters. The fourth-order valence-electron chi connectivity index (χ4n) is 2.31. The van der Waals surface area contributed by atoms with Gasteiger partial charge in [0.15, 0.2) is 5.54 Å². The fraction of sp³-hybridized carbons (Fsp3) is 0.273. The lowest BCUT2D eigenvalue weighted by molar-refractivity contribution is -0.129. The third kappa shape index (κ3) is 1.27. The first-order chi connectivity index (χ1) is 8.15. The molecular weight excluding hydrogens is 240 g/mol. The smallest absolute Gasteiger partial charge is 0.335 e. The Morgan fingerprint density at radius 2 is 2.12 bits per heavy atom. The minimum Gasteiger partial charge on any atom is -0.493 e. The number of para-hydroxylation sites is 1. The van der Waals surface area contributed by atoms with Crippen LogP contribution in [0.1, 0.15) is 12.0 Å². The van der Waals surface area contributed by atoms with Crippen molar-refractivity contribution in [1.29, 1.82) is 0 Å². The molecule has 0 radical (unpaired) electrons. The fourth-order valence-corrected chi connectivity index (χ4v) is 2.53. The largest absolute Gasteiger partial charge is 0.493 e. The molecule has 0 aliphatic carbocycles. The van der Waals surface area contributed by atoms with Gasteiger partial charge in [0.1, 0.15) is 5.75 Å². The molecule has 1 N–H and O–H groups in total. The highest BCUT2D eigenvalue weighted by Crippen LogP contribution is 2.41. The van der Waals surface area contributed by atoms with Gasteiger partial charge in [-0.2, -0.15) is 0 Å². The standard InChI is InChI=1S/C11H10N2O3S/c14-9-11(12-10(15)13(9)17)5-6-16-8-4-2-1-3-7(8)11/h1-4,17H,5-6H2,(H,12,15). The number of carbonyl (C=O) groups is 2. The predicted molar refractivity (Wildman–Crippen MR) is 62.6 cm³/mol. The summed E-state index contributed by atoms with van der Waals surface area (Å²) >= 11 is 3.89. The number of thiol groups is 1. The third-order valence-electron chi connectivity index (χ3n) is 3.15. The van der Waals surface area contributed by atoms with Crippen LogP contribution in [0.4, 0.5) is 4.79 Å². The van der Waals surface area contributed by atoms with E-state index in [-0.39, 0.29) is 5.91 Å². The zero-order chi connectivity index (χ0) is 12.0. The van der Waals surface area contributed by atoms with Crippen molar-refractivity contribution in [2.75, 3.05) is 6.61 Å². The van der Waals surface area contributed by atoms with Gasteiger partial charge in [-0.25, -0.2) is 9.10 Å². The lowest BCUT2D eigenvalue weighted by Gasteiger charge is -2.32. The van der Waals surface area contributed by atoms with Gasteiger partial charge in [-0.3, -0.25) is 4.79 Å². The molecule has 5 nitrogen and oxygen atoms in total. The van der Waals surface area contributed by atoms with Gasteiger partial charge >= 0.3 is 6.03 Å². The number of fused-ring (bicyclic) bond motifs is 2. The van der Waals surface area contributed by atoms with Gasteiger partial charge in [0, 0.05) is 12.0 Å². The Bertz CT molecular complexity index is 519. The van der Waals surface area contributed by atoms with Crippen LogP contribution in [0.25, 0.3) is 0 Å². The lowest BCUT2D eigenvalue weighted by Crippen LogP contribution is -2.47. The summed E-state index contributed by atoms with van der Waals surface area (Å²) in [6, 6.07) is 6.74. The second kappa shape index (κ2) is 3.40. The average molecular weight is 250 g/mol. The second-order valence-corrected chi connectivity index (χ2v) is 4.45. The number of hydrogen-bond acceptors (Lipinski definition) is 4. The number of rotatable bonds is 0. The van der Waals surface area contributed by atoms with E-state index in [9.17, 15) is 9.59 Å². The van der Waals surface area contributed by atoms with E-state index >= 15 is 0 Å². The molecule has 0 aromatic heterocycles. The van der Waals surface area contributed by atoms with E-state index in [1.54, 1.807) is 12.1 Å². The van der Waals surface area contributed by atoms with Crippen LogP contribution in [0, 0.1) is 0 Å². The molecule has 6 heteroatoms. The zero-order valence-electron chi connectivity index (χ0n) is 8.84. The number of hydrogen-bond donors (Lipinski definition) is 2. The summed E-state index contributed by atoms with van der Waals surface area (Å²) < 4.78 is 6.30. The first-order valence-electron chi connectivity index (χ1n) is 5.23. The first-order valence-corrected chi connectivity index (χ1v) is 5.63. The molecule has 3 amide bonds. The van der Waals surface area contributed by atoms with Crippen LogP contribution in [-0.2, 0) is 10.3 Å². The van der Waals surface area contributed by atoms with Gasteiger partial charge < -0.3 is 10.1 Å². The summed E-state index contributed by atoms with van der Waals surface area (Å²) in [7, 11) is 0. The van der Waals surface area contributed by atoms with Gasteiger partial charge in [0.2, 0.25) is 0 Å². The highest BCUT2D eigenvalue weighted by Gasteiger charge is 2.54. The van der Waals surface area contributed by atoms with Crippen molar-refractivity contribution in [3.63, 3.8) is 0 Å². The van der Waals surface area contributed by atoms with E-state index in [0.717, 1.165) is 4.31 Å². The number of nitrogens with one attached hydrogen (secondary N) is 1. The van der Waals surface area contributed by atoms with Crippen molar-refractivity contribution in [3.05, 3.63) is 29.8 Å². The molecule has 1 fully saturated rings. The summed E-state index contributed by atoms with van der Waals surface area (Å²) in [5.41, 5.74) is -0.311. The maximum Gasteiger partial charge on any atom is 0.335 e. The summed E-state index contributed by atoms with van der Waals surface area (Å²) in [6.07, 6.45) is 0.422. The number of imide groups is 1. The van der Waals surface area contributed by atoms with Crippen LogP contribution < -0.4 is 10.1 Å². The molecule has 3 rings (SSSR count). The summed E-state index contributed by atoms with van der Waals surface area (Å²) in [5, 5.41) is 2.71. The van der Waals surface area contributed by atoms with Crippen LogP contribution in [0.5, 0.6) is 5.75 Å². The van der Waals surface area contributed by atoms with Gasteiger partial charge in [0.25, 0.3) is 5.91 Å². The molecule has 0 bridgehead atoms. The summed E-state index contributed by atoms with van der Waals surface area (Å²) in [6.45, 7) is 0.394. The van der Waals surface area contributed by atoms with Crippen LogP contribution in [0.15, 0.2) is 24.3 Å². The average Bonchev–Trinajstić information content (AvgIpc) is 2.56. The number of benzene rings is 1. The lowest BCUT2D eigenvalue weighted by atomic mass is 9.85. The quantitative estimate of drug-likeness (QED) is 0.534. The molecule has 1 unspecified atom stereocenters. The minimum atomic E-state index is -1.01. The Morgan fingerprint density at radius 3 is 2.82 bits per heavy atom. The number of carbonyl (C=O) groups excluding carboxylic acids is 2. The Morgan fingerprint density at radius 1 is 1.35 bits per heavy atom. The SMILES string of the molecule is O=C1NC2(CCOc3ccccc32)C(=O)N1S. The highest BCUT2D eigenvalue weighted by molar-refractivity contribution is 7.79. The number of nitrogens with zero attached hydrogens (tertiary/aromatic N) is 1. The minimum absolute atomic E-state index is 0.346. The van der Waals surface area contributed by atoms with E-state index in [1.807, 2.05) is 12.1 Å². The molecule has 1 spiro atoms. The number of amides is 3. The molecule has 1 saturated heterocycles. The van der Waals surface area contributed by atoms with Crippen molar-refractivity contribution in [1.82, 2.24) is 9.62 Å². The van der Waals surface area contributed by atoms with Crippen LogP contribution in [-0.4, -0.2) is 22.9 Å². The summed E-state index contributed by atoms with van der Waals surface area (Å²) in [4.78, 5) is 23.7. The van der Waals surface area contributed by atoms with E-state index in [2.05, 4.69) is 18.1 Å². The van der Waals surface area contributed by atoms with Crippen LogP contribution in [0.3, 0.4) is 0 Å². The monoisotopic (exact) mass is 250 g/mol. The van der Waals surface area contributed by atoms with E-state index in [4.69, 9.17) is 4.74 Å². The Kier molecular flexibility index (Phi) is 2.09. The summed E-state index contributed by atoms with van der Waals surface area (Å²) in [5.74, 6) is 0.289. The van der Waals surface area contributed by atoms with Crippen molar-refractivity contribution in [2.45, 2.75) is 12.0 Å². The van der Waals surface area contributed by atoms with Crippen molar-refractivity contribution in [3.8, 4) is 5.75 Å². The molecule has 17 heavy (non-hydrogen) atoms. The Balaban J connectivity index is 2.17. The van der Waals surface area contributed by atoms with Crippen LogP contribution in [0.2, 0.25) is 0 Å². The molecular formula is C11H10N2O3S. The van der Waals surface area contributed by atoms with E-state index in [1.165, 1.54) is 0 Å². The normalized spacial score (nSPS) is 26.8. The van der Waals surface area contributed by atoms with E-state index < -0.39 is 11.6 Å². The molecule has 2 aliphatic rings. The second-order valence-electron chi connectivity index (χ2n) is 4.05. The topological polar surface area (TPSA) is 58.6 Å². The molecule has 2 heterocycles. The molecule has 1 aromatic rings. The van der Waals surface area contributed by atoms with Gasteiger partial charge in [-0.15, -0.1) is 0 Å². The number of ether oxygens (including phenoxy) is 1. The maximum absolute atomic E-state index is 12.2. The molecule has 1 aromatic carbocycles. The zero-order valence-corrected chi connectivity index (χ0v) is 9.74. The van der Waals surface area contributed by atoms with Crippen molar-refractivity contribution >= 4 is 24.8 Å². The van der Waals surface area contributed by atoms with Crippen molar-refractivity contribution in [2.24, 2.45) is 0 Å². The third-order valence-corrected chi connectivity index (χ3v) is 3.51. The number of urea groups is 1. The van der Waals surface area contributed by atoms with Gasteiger partial charge in [-0.05, 0) is 6.07 Å². The van der Waals surface area contributed by atoms with Crippen LogP contribution >= 0.6 is 12.8 Å². The predicted octanol–water partition coefficient (Wildman–Crippen LogP) is 1.06.